The maximum Gasteiger partial charge on any atom is 0.496 e. The second-order valence-corrected chi connectivity index (χ2v) is 11.2. The number of fused-ring (bicyclic) bond motifs is 1. The molecule has 160 valence electrons. The van der Waals surface area contributed by atoms with Crippen LogP contribution >= 0.6 is 0 Å². The Hall–Kier alpha value is -1.65. The molecule has 1 unspecified atom stereocenters. The van der Waals surface area contributed by atoms with Crippen LogP contribution in [-0.4, -0.2) is 23.8 Å². The zero-order valence-corrected chi connectivity index (χ0v) is 19.9. The van der Waals surface area contributed by atoms with Crippen LogP contribution in [0.25, 0.3) is 0 Å². The van der Waals surface area contributed by atoms with E-state index in [4.69, 9.17) is 14.3 Å². The van der Waals surface area contributed by atoms with Gasteiger partial charge < -0.3 is 9.31 Å². The summed E-state index contributed by atoms with van der Waals surface area (Å²) in [6.45, 7) is 18.0. The normalized spacial score (nSPS) is 24.0. The van der Waals surface area contributed by atoms with Gasteiger partial charge in [-0.1, -0.05) is 45.9 Å². The number of pyridine rings is 1. The van der Waals surface area contributed by atoms with E-state index in [0.717, 1.165) is 17.6 Å². The Morgan fingerprint density at radius 1 is 1.00 bits per heavy atom. The van der Waals surface area contributed by atoms with Crippen LogP contribution in [-0.2, 0) is 26.6 Å². The Labute approximate surface area is 182 Å². The van der Waals surface area contributed by atoms with Crippen molar-refractivity contribution in [2.24, 2.45) is 0 Å². The summed E-state index contributed by atoms with van der Waals surface area (Å²) in [5, 5.41) is 0. The van der Waals surface area contributed by atoms with Crippen molar-refractivity contribution in [3.8, 4) is 0 Å². The first kappa shape index (κ1) is 21.6. The molecule has 0 amide bonds. The van der Waals surface area contributed by atoms with Gasteiger partial charge in [-0.05, 0) is 79.7 Å². The molecule has 1 aromatic heterocycles. The molecule has 2 aromatic rings. The Morgan fingerprint density at radius 3 is 2.17 bits per heavy atom. The summed E-state index contributed by atoms with van der Waals surface area (Å²) in [4.78, 5) is 4.75. The number of hydrogen-bond donors (Lipinski definition) is 0. The zero-order valence-electron chi connectivity index (χ0n) is 19.9. The smallest absolute Gasteiger partial charge is 0.402 e. The van der Waals surface area contributed by atoms with E-state index in [0.29, 0.717) is 0 Å². The SMILES string of the molecule is Cc1cc2c(cc1Cc1ccc(B3OC(C)C(C)(C)O3)cn1)C(C)(C)CCC2(C)C. The molecule has 1 aliphatic heterocycles. The summed E-state index contributed by atoms with van der Waals surface area (Å²) in [5.41, 5.74) is 8.05. The first-order valence-electron chi connectivity index (χ1n) is 11.3. The Kier molecular flexibility index (Phi) is 5.18. The molecule has 1 aromatic carbocycles. The highest BCUT2D eigenvalue weighted by molar-refractivity contribution is 6.61. The van der Waals surface area contributed by atoms with Gasteiger partial charge in [0.25, 0.3) is 0 Å². The van der Waals surface area contributed by atoms with Gasteiger partial charge in [0.05, 0.1) is 11.7 Å². The number of hydrogen-bond acceptors (Lipinski definition) is 3. The summed E-state index contributed by atoms with van der Waals surface area (Å²) in [7, 11) is -0.329. The van der Waals surface area contributed by atoms with Crippen molar-refractivity contribution >= 4 is 12.6 Å². The van der Waals surface area contributed by atoms with E-state index in [9.17, 15) is 0 Å². The number of benzene rings is 1. The highest BCUT2D eigenvalue weighted by Crippen LogP contribution is 2.46. The van der Waals surface area contributed by atoms with Crippen LogP contribution in [0.3, 0.4) is 0 Å². The minimum Gasteiger partial charge on any atom is -0.402 e. The Bertz CT molecular complexity index is 946. The van der Waals surface area contributed by atoms with Gasteiger partial charge in [-0.2, -0.15) is 0 Å². The Balaban J connectivity index is 1.58. The van der Waals surface area contributed by atoms with Gasteiger partial charge in [0.15, 0.2) is 0 Å². The lowest BCUT2D eigenvalue weighted by Crippen LogP contribution is -2.35. The first-order chi connectivity index (χ1) is 13.9. The zero-order chi connectivity index (χ0) is 21.9. The molecule has 4 rings (SSSR count). The largest absolute Gasteiger partial charge is 0.496 e. The van der Waals surface area contributed by atoms with Crippen molar-refractivity contribution in [2.75, 3.05) is 0 Å². The average Bonchev–Trinajstić information content (AvgIpc) is 2.94. The van der Waals surface area contributed by atoms with Gasteiger partial charge >= 0.3 is 7.12 Å². The summed E-state index contributed by atoms with van der Waals surface area (Å²) in [5.74, 6) is 0. The van der Waals surface area contributed by atoms with Crippen molar-refractivity contribution in [3.05, 3.63) is 58.4 Å². The van der Waals surface area contributed by atoms with Gasteiger partial charge in [-0.3, -0.25) is 4.98 Å². The van der Waals surface area contributed by atoms with Crippen LogP contribution in [0.15, 0.2) is 30.5 Å². The van der Waals surface area contributed by atoms with E-state index in [1.807, 2.05) is 6.20 Å². The second kappa shape index (κ2) is 7.20. The number of nitrogens with zero attached hydrogens (tertiary/aromatic N) is 1. The summed E-state index contributed by atoms with van der Waals surface area (Å²) in [6, 6.07) is 9.10. The molecular weight excluding hydrogens is 369 g/mol. The maximum atomic E-state index is 6.07. The molecule has 2 aliphatic rings. The molecule has 0 radical (unpaired) electrons. The average molecular weight is 405 g/mol. The number of rotatable bonds is 3. The van der Waals surface area contributed by atoms with Gasteiger partial charge in [-0.15, -0.1) is 0 Å². The van der Waals surface area contributed by atoms with Gasteiger partial charge in [0.2, 0.25) is 0 Å². The molecule has 1 fully saturated rings. The number of aryl methyl sites for hydroxylation is 1. The predicted octanol–water partition coefficient (Wildman–Crippen LogP) is 5.24. The lowest BCUT2D eigenvalue weighted by Gasteiger charge is -2.42. The quantitative estimate of drug-likeness (QED) is 0.655. The monoisotopic (exact) mass is 405 g/mol. The lowest BCUT2D eigenvalue weighted by molar-refractivity contribution is 0.0842. The standard InChI is InChI=1S/C26H36BNO2/c1-17-13-22-23(25(5,6)12-11-24(22,3)4)15-19(17)14-21-10-9-20(16-28-21)27-29-18(2)26(7,8)30-27/h9-10,13,15-16,18H,11-12,14H2,1-8H3. The minimum atomic E-state index is -0.329. The van der Waals surface area contributed by atoms with Gasteiger partial charge in [0, 0.05) is 23.8 Å². The van der Waals surface area contributed by atoms with E-state index in [1.165, 1.54) is 35.1 Å². The molecule has 1 aliphatic carbocycles. The summed E-state index contributed by atoms with van der Waals surface area (Å²) < 4.78 is 12.0. The van der Waals surface area contributed by atoms with Crippen LogP contribution in [0.1, 0.15) is 89.3 Å². The fourth-order valence-corrected chi connectivity index (χ4v) is 4.73. The van der Waals surface area contributed by atoms with Crippen molar-refractivity contribution < 1.29 is 9.31 Å². The van der Waals surface area contributed by atoms with Crippen LogP contribution in [0, 0.1) is 6.92 Å². The molecule has 0 bridgehead atoms. The van der Waals surface area contributed by atoms with E-state index in [2.05, 4.69) is 79.7 Å². The minimum absolute atomic E-state index is 0.0629. The van der Waals surface area contributed by atoms with Crippen LogP contribution in [0.2, 0.25) is 0 Å². The lowest BCUT2D eigenvalue weighted by atomic mass is 9.62. The van der Waals surface area contributed by atoms with E-state index in [1.54, 1.807) is 0 Å². The summed E-state index contributed by atoms with van der Waals surface area (Å²) in [6.07, 6.45) is 5.31. The molecule has 2 heterocycles. The third-order valence-corrected chi connectivity index (χ3v) is 7.52. The highest BCUT2D eigenvalue weighted by Gasteiger charge is 2.44. The van der Waals surface area contributed by atoms with Crippen LogP contribution < -0.4 is 5.46 Å². The highest BCUT2D eigenvalue weighted by atomic mass is 16.7. The van der Waals surface area contributed by atoms with Crippen LogP contribution in [0.5, 0.6) is 0 Å². The van der Waals surface area contributed by atoms with Gasteiger partial charge in [0.1, 0.15) is 0 Å². The van der Waals surface area contributed by atoms with Crippen molar-refractivity contribution in [3.63, 3.8) is 0 Å². The van der Waals surface area contributed by atoms with E-state index in [-0.39, 0.29) is 29.7 Å². The molecule has 0 spiro atoms. The molecule has 3 nitrogen and oxygen atoms in total. The molecular formula is C26H36BNO2. The molecule has 30 heavy (non-hydrogen) atoms. The van der Waals surface area contributed by atoms with Crippen molar-refractivity contribution in [2.45, 2.75) is 97.2 Å². The van der Waals surface area contributed by atoms with E-state index < -0.39 is 0 Å². The molecule has 4 heteroatoms. The van der Waals surface area contributed by atoms with Crippen molar-refractivity contribution in [1.82, 2.24) is 4.98 Å². The maximum absolute atomic E-state index is 6.07. The van der Waals surface area contributed by atoms with E-state index >= 15 is 0 Å². The molecule has 1 atom stereocenters. The number of aromatic nitrogens is 1. The summed E-state index contributed by atoms with van der Waals surface area (Å²) >= 11 is 0. The third kappa shape index (κ3) is 3.85. The molecule has 0 saturated carbocycles. The predicted molar refractivity (Wildman–Crippen MR) is 125 cm³/mol. The fraction of sp³-hybridized carbons (Fsp3) is 0.577. The first-order valence-corrected chi connectivity index (χ1v) is 11.3. The van der Waals surface area contributed by atoms with Gasteiger partial charge in [-0.25, -0.2) is 0 Å². The fourth-order valence-electron chi connectivity index (χ4n) is 4.73. The molecule has 1 saturated heterocycles. The Morgan fingerprint density at radius 2 is 1.63 bits per heavy atom. The molecule has 0 N–H and O–H groups in total. The topological polar surface area (TPSA) is 31.4 Å². The third-order valence-electron chi connectivity index (χ3n) is 7.52. The second-order valence-electron chi connectivity index (χ2n) is 11.2. The van der Waals surface area contributed by atoms with Crippen LogP contribution in [0.4, 0.5) is 0 Å². The van der Waals surface area contributed by atoms with Crippen molar-refractivity contribution in [1.29, 1.82) is 0 Å².